The third kappa shape index (κ3) is 4.96. The molecule has 0 aromatic heterocycles. The summed E-state index contributed by atoms with van der Waals surface area (Å²) in [7, 11) is 0. The van der Waals surface area contributed by atoms with Crippen molar-refractivity contribution in [1.82, 2.24) is 5.32 Å². The average molecular weight is 207 g/mol. The molecule has 0 fully saturated rings. The maximum atomic E-state index is 9.85. The highest BCUT2D eigenvalue weighted by Crippen LogP contribution is 2.14. The Balaban J connectivity index is 2.22. The number of nitrogens with one attached hydrogen (secondary N) is 1. The standard InChI is InChI=1S/C13H21NO/c1-11(2)10-14-9-8-13(15)12-6-4-3-5-7-12/h3-7,11,13-15H,8-10H2,1-2H3. The molecule has 0 saturated carbocycles. The van der Waals surface area contributed by atoms with E-state index in [1.807, 2.05) is 30.3 Å². The van der Waals surface area contributed by atoms with Gasteiger partial charge in [0.05, 0.1) is 6.10 Å². The number of aliphatic hydroxyl groups excluding tert-OH is 1. The number of hydrogen-bond acceptors (Lipinski definition) is 2. The molecular weight excluding hydrogens is 186 g/mol. The Morgan fingerprint density at radius 3 is 2.47 bits per heavy atom. The lowest BCUT2D eigenvalue weighted by atomic mass is 10.1. The van der Waals surface area contributed by atoms with Crippen LogP contribution in [0.25, 0.3) is 0 Å². The van der Waals surface area contributed by atoms with E-state index in [1.165, 1.54) is 0 Å². The van der Waals surface area contributed by atoms with E-state index in [1.54, 1.807) is 0 Å². The van der Waals surface area contributed by atoms with Crippen molar-refractivity contribution in [3.05, 3.63) is 35.9 Å². The molecule has 0 amide bonds. The molecule has 0 saturated heterocycles. The summed E-state index contributed by atoms with van der Waals surface area (Å²) in [5.41, 5.74) is 1.00. The van der Waals surface area contributed by atoms with Gasteiger partial charge in [-0.1, -0.05) is 44.2 Å². The van der Waals surface area contributed by atoms with Crippen molar-refractivity contribution in [2.75, 3.05) is 13.1 Å². The number of aliphatic hydroxyl groups is 1. The fourth-order valence-corrected chi connectivity index (χ4v) is 1.47. The Hall–Kier alpha value is -0.860. The van der Waals surface area contributed by atoms with Crippen molar-refractivity contribution in [3.63, 3.8) is 0 Å². The third-order valence-corrected chi connectivity index (χ3v) is 2.33. The highest BCUT2D eigenvalue weighted by Gasteiger charge is 2.05. The predicted molar refractivity (Wildman–Crippen MR) is 63.7 cm³/mol. The first-order valence-electron chi connectivity index (χ1n) is 5.64. The van der Waals surface area contributed by atoms with Crippen LogP contribution in [0.1, 0.15) is 31.9 Å². The molecule has 0 spiro atoms. The summed E-state index contributed by atoms with van der Waals surface area (Å²) >= 11 is 0. The molecule has 1 aromatic rings. The molecule has 0 heterocycles. The van der Waals surface area contributed by atoms with Crippen molar-refractivity contribution in [1.29, 1.82) is 0 Å². The van der Waals surface area contributed by atoms with Gasteiger partial charge in [0.25, 0.3) is 0 Å². The Labute approximate surface area is 92.3 Å². The average Bonchev–Trinajstić information content (AvgIpc) is 2.25. The van der Waals surface area contributed by atoms with Crippen molar-refractivity contribution >= 4 is 0 Å². The summed E-state index contributed by atoms with van der Waals surface area (Å²) < 4.78 is 0. The van der Waals surface area contributed by atoms with Crippen molar-refractivity contribution in [3.8, 4) is 0 Å². The lowest BCUT2D eigenvalue weighted by molar-refractivity contribution is 0.166. The Morgan fingerprint density at radius 1 is 1.20 bits per heavy atom. The van der Waals surface area contributed by atoms with Gasteiger partial charge in [0.2, 0.25) is 0 Å². The van der Waals surface area contributed by atoms with Gasteiger partial charge in [-0.05, 0) is 31.0 Å². The fourth-order valence-electron chi connectivity index (χ4n) is 1.47. The summed E-state index contributed by atoms with van der Waals surface area (Å²) in [6.07, 6.45) is 0.433. The van der Waals surface area contributed by atoms with E-state index in [-0.39, 0.29) is 6.10 Å². The zero-order chi connectivity index (χ0) is 11.1. The number of hydrogen-bond donors (Lipinski definition) is 2. The molecule has 1 unspecified atom stereocenters. The van der Waals surface area contributed by atoms with Crippen molar-refractivity contribution in [2.45, 2.75) is 26.4 Å². The van der Waals surface area contributed by atoms with Crippen LogP contribution in [0.2, 0.25) is 0 Å². The smallest absolute Gasteiger partial charge is 0.0802 e. The quantitative estimate of drug-likeness (QED) is 0.702. The second-order valence-electron chi connectivity index (χ2n) is 4.31. The first kappa shape index (κ1) is 12.2. The van der Waals surface area contributed by atoms with Gasteiger partial charge in [-0.2, -0.15) is 0 Å². The van der Waals surface area contributed by atoms with E-state index >= 15 is 0 Å². The normalized spacial score (nSPS) is 13.1. The maximum absolute atomic E-state index is 9.85. The van der Waals surface area contributed by atoms with Gasteiger partial charge < -0.3 is 10.4 Å². The lowest BCUT2D eigenvalue weighted by Gasteiger charge is -2.12. The van der Waals surface area contributed by atoms with Crippen LogP contribution in [0.4, 0.5) is 0 Å². The molecule has 2 nitrogen and oxygen atoms in total. The Morgan fingerprint density at radius 2 is 1.87 bits per heavy atom. The minimum atomic E-state index is -0.342. The molecule has 1 aromatic carbocycles. The lowest BCUT2D eigenvalue weighted by Crippen LogP contribution is -2.22. The molecule has 0 aliphatic heterocycles. The summed E-state index contributed by atoms with van der Waals surface area (Å²) in [5.74, 6) is 0.666. The van der Waals surface area contributed by atoms with E-state index in [4.69, 9.17) is 0 Å². The molecule has 15 heavy (non-hydrogen) atoms. The van der Waals surface area contributed by atoms with Gasteiger partial charge in [-0.15, -0.1) is 0 Å². The summed E-state index contributed by atoms with van der Waals surface area (Å²) in [6.45, 7) is 6.25. The second-order valence-corrected chi connectivity index (χ2v) is 4.31. The molecule has 1 rings (SSSR count). The predicted octanol–water partition coefficient (Wildman–Crippen LogP) is 2.36. The third-order valence-electron chi connectivity index (χ3n) is 2.33. The minimum absolute atomic E-state index is 0.342. The SMILES string of the molecule is CC(C)CNCCC(O)c1ccccc1. The highest BCUT2D eigenvalue weighted by atomic mass is 16.3. The van der Waals surface area contributed by atoms with E-state index in [2.05, 4.69) is 19.2 Å². The molecule has 2 heteroatoms. The van der Waals surface area contributed by atoms with Crippen molar-refractivity contribution < 1.29 is 5.11 Å². The van der Waals surface area contributed by atoms with Crippen LogP contribution in [0, 0.1) is 5.92 Å². The molecule has 0 bridgehead atoms. The Bertz CT molecular complexity index is 258. The van der Waals surface area contributed by atoms with Crippen LogP contribution in [0.3, 0.4) is 0 Å². The molecule has 0 radical (unpaired) electrons. The van der Waals surface area contributed by atoms with Gasteiger partial charge in [0, 0.05) is 0 Å². The van der Waals surface area contributed by atoms with Gasteiger partial charge in [0.1, 0.15) is 0 Å². The minimum Gasteiger partial charge on any atom is -0.388 e. The summed E-state index contributed by atoms with van der Waals surface area (Å²) in [4.78, 5) is 0. The topological polar surface area (TPSA) is 32.3 Å². The van der Waals surface area contributed by atoms with Crippen LogP contribution in [-0.2, 0) is 0 Å². The largest absolute Gasteiger partial charge is 0.388 e. The van der Waals surface area contributed by atoms with Crippen molar-refractivity contribution in [2.24, 2.45) is 5.92 Å². The van der Waals surface area contributed by atoms with E-state index in [0.29, 0.717) is 5.92 Å². The van der Waals surface area contributed by atoms with E-state index in [0.717, 1.165) is 25.1 Å². The molecule has 2 N–H and O–H groups in total. The van der Waals surface area contributed by atoms with Crippen LogP contribution < -0.4 is 5.32 Å². The zero-order valence-corrected chi connectivity index (χ0v) is 9.61. The van der Waals surface area contributed by atoms with Gasteiger partial charge in [-0.3, -0.25) is 0 Å². The summed E-state index contributed by atoms with van der Waals surface area (Å²) in [5, 5.41) is 13.2. The van der Waals surface area contributed by atoms with Gasteiger partial charge >= 0.3 is 0 Å². The van der Waals surface area contributed by atoms with Crippen LogP contribution >= 0.6 is 0 Å². The van der Waals surface area contributed by atoms with Crippen LogP contribution in [0.5, 0.6) is 0 Å². The first-order chi connectivity index (χ1) is 7.20. The van der Waals surface area contributed by atoms with E-state index < -0.39 is 0 Å². The zero-order valence-electron chi connectivity index (χ0n) is 9.61. The monoisotopic (exact) mass is 207 g/mol. The fraction of sp³-hybridized carbons (Fsp3) is 0.538. The highest BCUT2D eigenvalue weighted by molar-refractivity contribution is 5.17. The molecule has 1 atom stereocenters. The Kier molecular flexibility index (Phi) is 5.37. The molecule has 84 valence electrons. The molecular formula is C13H21NO. The van der Waals surface area contributed by atoms with Crippen LogP contribution in [0.15, 0.2) is 30.3 Å². The summed E-state index contributed by atoms with van der Waals surface area (Å²) in [6, 6.07) is 9.81. The van der Waals surface area contributed by atoms with Gasteiger partial charge in [0.15, 0.2) is 0 Å². The number of rotatable bonds is 6. The maximum Gasteiger partial charge on any atom is 0.0802 e. The molecule has 0 aliphatic rings. The first-order valence-corrected chi connectivity index (χ1v) is 5.64. The van der Waals surface area contributed by atoms with E-state index in [9.17, 15) is 5.11 Å². The van der Waals surface area contributed by atoms with Crippen LogP contribution in [-0.4, -0.2) is 18.2 Å². The molecule has 0 aliphatic carbocycles. The van der Waals surface area contributed by atoms with Gasteiger partial charge in [-0.25, -0.2) is 0 Å². The number of benzene rings is 1. The second kappa shape index (κ2) is 6.59.